The van der Waals surface area contributed by atoms with Gasteiger partial charge in [0.15, 0.2) is 0 Å². The Morgan fingerprint density at radius 1 is 1.08 bits per heavy atom. The molecule has 3 rings (SSSR count). The second kappa shape index (κ2) is 6.35. The molecule has 1 aliphatic rings. The number of carbonyl (C=O) groups is 3. The largest absolute Gasteiger partial charge is 0.366 e. The Kier molecular flexibility index (Phi) is 4.22. The quantitative estimate of drug-likeness (QED) is 0.866. The lowest BCUT2D eigenvalue weighted by molar-refractivity contribution is -0.127. The fourth-order valence-electron chi connectivity index (χ4n) is 2.76. The van der Waals surface area contributed by atoms with Gasteiger partial charge >= 0.3 is 6.03 Å². The molecule has 0 radical (unpaired) electrons. The Labute approximate surface area is 143 Å². The van der Waals surface area contributed by atoms with Crippen molar-refractivity contribution in [1.29, 1.82) is 0 Å². The van der Waals surface area contributed by atoms with Crippen molar-refractivity contribution in [3.63, 3.8) is 0 Å². The number of benzene rings is 2. The van der Waals surface area contributed by atoms with Gasteiger partial charge in [0.25, 0.3) is 5.91 Å². The van der Waals surface area contributed by atoms with Crippen LogP contribution in [0.4, 0.5) is 14.9 Å². The molecule has 2 aromatic carbocycles. The van der Waals surface area contributed by atoms with Crippen molar-refractivity contribution in [2.24, 2.45) is 5.73 Å². The highest BCUT2D eigenvalue weighted by Gasteiger charge is 2.43. The first-order chi connectivity index (χ1) is 11.9. The summed E-state index contributed by atoms with van der Waals surface area (Å²) in [7, 11) is 0. The Bertz CT molecular complexity index is 834. The van der Waals surface area contributed by atoms with Gasteiger partial charge in [0.1, 0.15) is 11.9 Å². The van der Waals surface area contributed by atoms with Gasteiger partial charge in [0, 0.05) is 11.3 Å². The van der Waals surface area contributed by atoms with E-state index in [1.165, 1.54) is 29.2 Å². The van der Waals surface area contributed by atoms with Crippen LogP contribution < -0.4 is 10.6 Å². The Balaban J connectivity index is 1.82. The van der Waals surface area contributed by atoms with Crippen molar-refractivity contribution in [1.82, 2.24) is 4.90 Å². The molecule has 1 atom stereocenters. The molecule has 2 N–H and O–H groups in total. The van der Waals surface area contributed by atoms with E-state index in [1.54, 1.807) is 31.2 Å². The smallest absolute Gasteiger partial charge is 0.332 e. The van der Waals surface area contributed by atoms with Crippen molar-refractivity contribution >= 4 is 23.5 Å². The Hall–Kier alpha value is -3.22. The van der Waals surface area contributed by atoms with E-state index in [4.69, 9.17) is 5.73 Å². The summed E-state index contributed by atoms with van der Waals surface area (Å²) in [5.41, 5.74) is 6.69. The molecule has 128 valence electrons. The lowest BCUT2D eigenvalue weighted by atomic mass is 10.1. The zero-order valence-corrected chi connectivity index (χ0v) is 13.5. The molecule has 7 heteroatoms. The molecule has 6 nitrogen and oxygen atoms in total. The predicted molar refractivity (Wildman–Crippen MR) is 89.2 cm³/mol. The van der Waals surface area contributed by atoms with Gasteiger partial charge < -0.3 is 5.73 Å². The lowest BCUT2D eigenvalue weighted by Gasteiger charge is -2.19. The summed E-state index contributed by atoms with van der Waals surface area (Å²) in [4.78, 5) is 38.7. The van der Waals surface area contributed by atoms with E-state index in [1.807, 2.05) is 0 Å². The van der Waals surface area contributed by atoms with Crippen LogP contribution in [0.15, 0.2) is 48.5 Å². The lowest BCUT2D eigenvalue weighted by Crippen LogP contribution is -2.33. The molecule has 0 unspecified atom stereocenters. The average molecular weight is 341 g/mol. The van der Waals surface area contributed by atoms with E-state index >= 15 is 0 Å². The van der Waals surface area contributed by atoms with Gasteiger partial charge in [-0.25, -0.2) is 9.18 Å². The van der Waals surface area contributed by atoms with E-state index in [0.717, 1.165) is 4.90 Å². The van der Waals surface area contributed by atoms with Crippen molar-refractivity contribution in [3.05, 3.63) is 65.5 Å². The second-order valence-electron chi connectivity index (χ2n) is 5.79. The maximum atomic E-state index is 13.1. The number of urea groups is 1. The zero-order chi connectivity index (χ0) is 18.1. The first-order valence-electron chi connectivity index (χ1n) is 7.67. The fraction of sp³-hybridized carbons (Fsp3) is 0.167. The van der Waals surface area contributed by atoms with Crippen LogP contribution in [0.1, 0.15) is 22.8 Å². The first-order valence-corrected chi connectivity index (χ1v) is 7.67. The highest BCUT2D eigenvalue weighted by Crippen LogP contribution is 2.27. The molecule has 1 aliphatic heterocycles. The first kappa shape index (κ1) is 16.6. The van der Waals surface area contributed by atoms with Gasteiger partial charge in [-0.1, -0.05) is 12.1 Å². The van der Waals surface area contributed by atoms with Crippen molar-refractivity contribution < 1.29 is 18.8 Å². The molecule has 0 spiro atoms. The topological polar surface area (TPSA) is 83.7 Å². The highest BCUT2D eigenvalue weighted by atomic mass is 19.1. The van der Waals surface area contributed by atoms with Crippen LogP contribution in [0.25, 0.3) is 0 Å². The predicted octanol–water partition coefficient (Wildman–Crippen LogP) is 2.28. The molecule has 1 fully saturated rings. The molecule has 0 aliphatic carbocycles. The molecule has 0 saturated carbocycles. The number of hydrogen-bond donors (Lipinski definition) is 1. The monoisotopic (exact) mass is 341 g/mol. The summed E-state index contributed by atoms with van der Waals surface area (Å²) < 4.78 is 13.1. The second-order valence-corrected chi connectivity index (χ2v) is 5.79. The molecular formula is C18H16FN3O3. The van der Waals surface area contributed by atoms with Gasteiger partial charge in [0.2, 0.25) is 5.91 Å². The maximum Gasteiger partial charge on any atom is 0.332 e. The number of rotatable bonds is 4. The van der Waals surface area contributed by atoms with Crippen LogP contribution in [-0.4, -0.2) is 28.8 Å². The number of nitrogens with two attached hydrogens (primary N) is 1. The van der Waals surface area contributed by atoms with E-state index in [2.05, 4.69) is 0 Å². The Morgan fingerprint density at radius 2 is 1.68 bits per heavy atom. The molecule has 2 aromatic rings. The number of carbonyl (C=O) groups excluding carboxylic acids is 3. The van der Waals surface area contributed by atoms with Crippen LogP contribution in [0.2, 0.25) is 0 Å². The van der Waals surface area contributed by atoms with E-state index in [0.29, 0.717) is 16.8 Å². The van der Waals surface area contributed by atoms with Crippen molar-refractivity contribution in [2.75, 3.05) is 4.90 Å². The minimum atomic E-state index is -0.678. The molecule has 4 amide bonds. The SMILES string of the molecule is C[C@@H]1C(=O)N(Cc2ccc(C(N)=O)cc2)C(=O)N1c1ccc(F)cc1. The minimum absolute atomic E-state index is 0.0821. The van der Waals surface area contributed by atoms with E-state index in [9.17, 15) is 18.8 Å². The van der Waals surface area contributed by atoms with Crippen LogP contribution in [0.5, 0.6) is 0 Å². The van der Waals surface area contributed by atoms with Gasteiger partial charge in [-0.3, -0.25) is 19.4 Å². The number of halogens is 1. The third-order valence-corrected chi connectivity index (χ3v) is 4.13. The summed E-state index contributed by atoms with van der Waals surface area (Å²) in [6, 6.07) is 10.6. The van der Waals surface area contributed by atoms with Gasteiger partial charge in [-0.15, -0.1) is 0 Å². The standard InChI is InChI=1S/C18H16FN3O3/c1-11-17(24)21(10-12-2-4-13(5-3-12)16(20)23)18(25)22(11)15-8-6-14(19)7-9-15/h2-9,11H,10H2,1H3,(H2,20,23)/t11-/m1/s1. The van der Waals surface area contributed by atoms with Crippen LogP contribution in [0.3, 0.4) is 0 Å². The summed E-state index contributed by atoms with van der Waals surface area (Å²) >= 11 is 0. The average Bonchev–Trinajstić information content (AvgIpc) is 2.80. The number of primary amides is 1. The number of hydrogen-bond acceptors (Lipinski definition) is 3. The van der Waals surface area contributed by atoms with Gasteiger partial charge in [0.05, 0.1) is 6.54 Å². The minimum Gasteiger partial charge on any atom is -0.366 e. The summed E-state index contributed by atoms with van der Waals surface area (Å²) in [5, 5.41) is 0. The third kappa shape index (κ3) is 3.08. The molecule has 1 heterocycles. The molecular weight excluding hydrogens is 325 g/mol. The molecule has 1 saturated heterocycles. The Morgan fingerprint density at radius 3 is 2.24 bits per heavy atom. The highest BCUT2D eigenvalue weighted by molar-refractivity contribution is 6.13. The zero-order valence-electron chi connectivity index (χ0n) is 13.5. The number of anilines is 1. The van der Waals surface area contributed by atoms with Crippen LogP contribution >= 0.6 is 0 Å². The third-order valence-electron chi connectivity index (χ3n) is 4.13. The van der Waals surface area contributed by atoms with Gasteiger partial charge in [-0.05, 0) is 48.9 Å². The maximum absolute atomic E-state index is 13.1. The number of nitrogens with zero attached hydrogens (tertiary/aromatic N) is 2. The molecule has 25 heavy (non-hydrogen) atoms. The summed E-state index contributed by atoms with van der Waals surface area (Å²) in [6.45, 7) is 1.71. The van der Waals surface area contributed by atoms with Gasteiger partial charge in [-0.2, -0.15) is 0 Å². The van der Waals surface area contributed by atoms with Crippen molar-refractivity contribution in [3.8, 4) is 0 Å². The number of imide groups is 1. The molecule has 0 aromatic heterocycles. The summed E-state index contributed by atoms with van der Waals surface area (Å²) in [6.07, 6.45) is 0. The van der Waals surface area contributed by atoms with Crippen molar-refractivity contribution in [2.45, 2.75) is 19.5 Å². The van der Waals surface area contributed by atoms with Crippen LogP contribution in [-0.2, 0) is 11.3 Å². The van der Waals surface area contributed by atoms with E-state index < -0.39 is 23.8 Å². The van der Waals surface area contributed by atoms with Crippen LogP contribution in [0, 0.1) is 5.82 Å². The van der Waals surface area contributed by atoms with E-state index in [-0.39, 0.29) is 12.5 Å². The molecule has 0 bridgehead atoms. The normalized spacial score (nSPS) is 17.3. The number of amides is 4. The summed E-state index contributed by atoms with van der Waals surface area (Å²) in [5.74, 6) is -1.30. The fourth-order valence-corrected chi connectivity index (χ4v) is 2.76.